The molecule has 2 rings (SSSR count). The molecule has 1 unspecified atom stereocenters. The van der Waals surface area contributed by atoms with E-state index in [4.69, 9.17) is 14.2 Å². The number of ether oxygens (including phenoxy) is 3. The first-order valence-corrected chi connectivity index (χ1v) is 6.26. The minimum atomic E-state index is -0.398. The lowest BCUT2D eigenvalue weighted by atomic mass is 10.0. The van der Waals surface area contributed by atoms with Gasteiger partial charge in [0.2, 0.25) is 0 Å². The second kappa shape index (κ2) is 5.45. The Morgan fingerprint density at radius 2 is 1.94 bits per heavy atom. The number of nitrogens with one attached hydrogen (secondary N) is 1. The van der Waals surface area contributed by atoms with E-state index in [9.17, 15) is 0 Å². The second-order valence-corrected chi connectivity index (χ2v) is 5.16. The smallest absolute Gasteiger partial charge is 0.163 e. The van der Waals surface area contributed by atoms with E-state index in [1.54, 1.807) is 0 Å². The number of rotatable bonds is 4. The third-order valence-electron chi connectivity index (χ3n) is 3.21. The molecule has 2 aliphatic rings. The van der Waals surface area contributed by atoms with Crippen LogP contribution >= 0.6 is 0 Å². The molecule has 4 heteroatoms. The molecule has 2 aliphatic heterocycles. The Morgan fingerprint density at radius 1 is 1.19 bits per heavy atom. The van der Waals surface area contributed by atoms with Crippen LogP contribution in [0.5, 0.6) is 0 Å². The van der Waals surface area contributed by atoms with Gasteiger partial charge in [0, 0.05) is 19.8 Å². The van der Waals surface area contributed by atoms with Gasteiger partial charge in [-0.15, -0.1) is 0 Å². The van der Waals surface area contributed by atoms with Crippen LogP contribution in [0.15, 0.2) is 0 Å². The van der Waals surface area contributed by atoms with Crippen LogP contribution in [0.2, 0.25) is 0 Å². The third-order valence-corrected chi connectivity index (χ3v) is 3.21. The minimum Gasteiger partial charge on any atom is -0.381 e. The summed E-state index contributed by atoms with van der Waals surface area (Å²) in [5.41, 5.74) is 0. The van der Waals surface area contributed by atoms with Gasteiger partial charge in [0.1, 0.15) is 0 Å². The molecule has 0 aromatic rings. The van der Waals surface area contributed by atoms with E-state index in [-0.39, 0.29) is 6.10 Å². The summed E-state index contributed by atoms with van der Waals surface area (Å²) < 4.78 is 16.6. The van der Waals surface area contributed by atoms with Crippen molar-refractivity contribution in [3.63, 3.8) is 0 Å². The van der Waals surface area contributed by atoms with Crippen LogP contribution in [0, 0.1) is 5.92 Å². The SMILES string of the molecule is CC1(C)OCC(CNCC2CCOCC2)O1. The van der Waals surface area contributed by atoms with Gasteiger partial charge in [0.05, 0.1) is 12.7 Å². The summed E-state index contributed by atoms with van der Waals surface area (Å²) in [5.74, 6) is 0.370. The number of hydrogen-bond acceptors (Lipinski definition) is 4. The summed E-state index contributed by atoms with van der Waals surface area (Å²) in [4.78, 5) is 0. The van der Waals surface area contributed by atoms with Crippen molar-refractivity contribution in [1.29, 1.82) is 0 Å². The van der Waals surface area contributed by atoms with Crippen molar-refractivity contribution in [2.24, 2.45) is 5.92 Å². The molecule has 94 valence electrons. The largest absolute Gasteiger partial charge is 0.381 e. The quantitative estimate of drug-likeness (QED) is 0.785. The highest BCUT2D eigenvalue weighted by molar-refractivity contribution is 4.74. The average Bonchev–Trinajstić information content (AvgIpc) is 2.60. The highest BCUT2D eigenvalue weighted by Crippen LogP contribution is 2.21. The van der Waals surface area contributed by atoms with Crippen molar-refractivity contribution in [3.05, 3.63) is 0 Å². The van der Waals surface area contributed by atoms with E-state index < -0.39 is 5.79 Å². The summed E-state index contributed by atoms with van der Waals surface area (Å²) >= 11 is 0. The topological polar surface area (TPSA) is 39.7 Å². The molecule has 2 heterocycles. The lowest BCUT2D eigenvalue weighted by Crippen LogP contribution is -2.35. The lowest BCUT2D eigenvalue weighted by molar-refractivity contribution is -0.137. The van der Waals surface area contributed by atoms with Gasteiger partial charge in [-0.05, 0) is 39.2 Å². The molecule has 0 spiro atoms. The molecule has 16 heavy (non-hydrogen) atoms. The molecule has 0 aromatic carbocycles. The number of hydrogen-bond donors (Lipinski definition) is 1. The molecular formula is C12H23NO3. The first kappa shape index (κ1) is 12.3. The van der Waals surface area contributed by atoms with Gasteiger partial charge in [0.25, 0.3) is 0 Å². The van der Waals surface area contributed by atoms with Crippen molar-refractivity contribution in [2.45, 2.75) is 38.6 Å². The van der Waals surface area contributed by atoms with Gasteiger partial charge >= 0.3 is 0 Å². The van der Waals surface area contributed by atoms with E-state index in [2.05, 4.69) is 5.32 Å². The Balaban J connectivity index is 1.58. The first-order valence-electron chi connectivity index (χ1n) is 6.26. The fourth-order valence-electron chi connectivity index (χ4n) is 2.26. The van der Waals surface area contributed by atoms with Crippen molar-refractivity contribution < 1.29 is 14.2 Å². The monoisotopic (exact) mass is 229 g/mol. The Kier molecular flexibility index (Phi) is 4.19. The van der Waals surface area contributed by atoms with Crippen LogP contribution in [-0.4, -0.2) is 44.8 Å². The Hall–Kier alpha value is -0.160. The van der Waals surface area contributed by atoms with Crippen molar-refractivity contribution >= 4 is 0 Å². The summed E-state index contributed by atoms with van der Waals surface area (Å²) in [6, 6.07) is 0. The van der Waals surface area contributed by atoms with E-state index in [0.29, 0.717) is 6.61 Å². The third kappa shape index (κ3) is 3.70. The van der Waals surface area contributed by atoms with Gasteiger partial charge < -0.3 is 19.5 Å². The molecule has 0 saturated carbocycles. The van der Waals surface area contributed by atoms with E-state index in [0.717, 1.165) is 32.2 Å². The Bertz CT molecular complexity index is 214. The van der Waals surface area contributed by atoms with Crippen LogP contribution in [0.1, 0.15) is 26.7 Å². The van der Waals surface area contributed by atoms with E-state index >= 15 is 0 Å². The predicted molar refractivity (Wildman–Crippen MR) is 61.3 cm³/mol. The van der Waals surface area contributed by atoms with Crippen molar-refractivity contribution in [1.82, 2.24) is 5.32 Å². The summed E-state index contributed by atoms with van der Waals surface area (Å²) in [6.07, 6.45) is 2.57. The van der Waals surface area contributed by atoms with Crippen LogP contribution in [0.4, 0.5) is 0 Å². The molecule has 0 aromatic heterocycles. The molecule has 1 atom stereocenters. The molecular weight excluding hydrogens is 206 g/mol. The second-order valence-electron chi connectivity index (χ2n) is 5.16. The van der Waals surface area contributed by atoms with Crippen LogP contribution < -0.4 is 5.32 Å². The first-order chi connectivity index (χ1) is 7.66. The van der Waals surface area contributed by atoms with E-state index in [1.165, 1.54) is 12.8 Å². The van der Waals surface area contributed by atoms with E-state index in [1.807, 2.05) is 13.8 Å². The maximum absolute atomic E-state index is 5.73. The van der Waals surface area contributed by atoms with Gasteiger partial charge in [-0.1, -0.05) is 0 Å². The zero-order valence-corrected chi connectivity index (χ0v) is 10.3. The molecule has 0 radical (unpaired) electrons. The zero-order valence-electron chi connectivity index (χ0n) is 10.3. The highest BCUT2D eigenvalue weighted by Gasteiger charge is 2.32. The normalized spacial score (nSPS) is 30.8. The molecule has 2 fully saturated rings. The highest BCUT2D eigenvalue weighted by atomic mass is 16.7. The molecule has 0 bridgehead atoms. The molecule has 2 saturated heterocycles. The molecule has 0 amide bonds. The molecule has 4 nitrogen and oxygen atoms in total. The maximum Gasteiger partial charge on any atom is 0.163 e. The Labute approximate surface area is 97.6 Å². The standard InChI is InChI=1S/C12H23NO3/c1-12(2)15-9-11(16-12)8-13-7-10-3-5-14-6-4-10/h10-11,13H,3-9H2,1-2H3. The minimum absolute atomic E-state index is 0.204. The maximum atomic E-state index is 5.73. The van der Waals surface area contributed by atoms with Crippen molar-refractivity contribution in [2.75, 3.05) is 32.9 Å². The van der Waals surface area contributed by atoms with Crippen molar-refractivity contribution in [3.8, 4) is 0 Å². The zero-order chi connectivity index (χ0) is 11.4. The summed E-state index contributed by atoms with van der Waals surface area (Å²) in [7, 11) is 0. The average molecular weight is 229 g/mol. The fourth-order valence-corrected chi connectivity index (χ4v) is 2.26. The fraction of sp³-hybridized carbons (Fsp3) is 1.00. The lowest BCUT2D eigenvalue weighted by Gasteiger charge is -2.23. The summed E-state index contributed by atoms with van der Waals surface area (Å²) in [6.45, 7) is 8.43. The van der Waals surface area contributed by atoms with Gasteiger partial charge in [0.15, 0.2) is 5.79 Å². The molecule has 1 N–H and O–H groups in total. The Morgan fingerprint density at radius 3 is 2.56 bits per heavy atom. The van der Waals surface area contributed by atoms with Crippen LogP contribution in [0.25, 0.3) is 0 Å². The van der Waals surface area contributed by atoms with Gasteiger partial charge in [-0.2, -0.15) is 0 Å². The van der Waals surface area contributed by atoms with Gasteiger partial charge in [-0.3, -0.25) is 0 Å². The van der Waals surface area contributed by atoms with Gasteiger partial charge in [-0.25, -0.2) is 0 Å². The van der Waals surface area contributed by atoms with Crippen LogP contribution in [-0.2, 0) is 14.2 Å². The molecule has 0 aliphatic carbocycles. The summed E-state index contributed by atoms with van der Waals surface area (Å²) in [5, 5.41) is 3.47. The van der Waals surface area contributed by atoms with Crippen LogP contribution in [0.3, 0.4) is 0 Å². The predicted octanol–water partition coefficient (Wildman–Crippen LogP) is 1.15.